The van der Waals surface area contributed by atoms with E-state index in [1.165, 1.54) is 6.42 Å². The molecule has 0 radical (unpaired) electrons. The maximum Gasteiger partial charge on any atom is 0.0843 e. The highest BCUT2D eigenvalue weighted by Crippen LogP contribution is 2.28. The smallest absolute Gasteiger partial charge is 0.0843 e. The lowest BCUT2D eigenvalue weighted by atomic mass is 9.93. The van der Waals surface area contributed by atoms with Crippen molar-refractivity contribution in [2.24, 2.45) is 0 Å². The van der Waals surface area contributed by atoms with E-state index in [-0.39, 0.29) is 5.60 Å². The van der Waals surface area contributed by atoms with E-state index in [2.05, 4.69) is 25.7 Å². The number of rotatable bonds is 4. The van der Waals surface area contributed by atoms with Crippen LogP contribution in [0.5, 0.6) is 0 Å². The molecule has 1 fully saturated rings. The Morgan fingerprint density at radius 3 is 2.92 bits per heavy atom. The molecule has 0 spiro atoms. The van der Waals surface area contributed by atoms with E-state index in [0.29, 0.717) is 6.04 Å². The van der Waals surface area contributed by atoms with Gasteiger partial charge in [0.05, 0.1) is 11.6 Å². The number of nitrogens with one attached hydrogen (secondary N) is 1. The van der Waals surface area contributed by atoms with Crippen LogP contribution in [0.4, 0.5) is 0 Å². The molecule has 1 N–H and O–H groups in total. The highest BCUT2D eigenvalue weighted by Gasteiger charge is 2.35. The predicted molar refractivity (Wildman–Crippen MR) is 51.3 cm³/mol. The largest absolute Gasteiger partial charge is 0.373 e. The first-order chi connectivity index (χ1) is 5.73. The van der Waals surface area contributed by atoms with Crippen LogP contribution < -0.4 is 5.32 Å². The van der Waals surface area contributed by atoms with Crippen LogP contribution in [0.15, 0.2) is 12.7 Å². The molecule has 1 aliphatic heterocycles. The average Bonchev–Trinajstić information content (AvgIpc) is 2.49. The molecule has 0 aromatic carbocycles. The fourth-order valence-electron chi connectivity index (χ4n) is 1.81. The van der Waals surface area contributed by atoms with Crippen molar-refractivity contribution < 1.29 is 4.74 Å². The molecular weight excluding hydrogens is 150 g/mol. The van der Waals surface area contributed by atoms with Crippen molar-refractivity contribution >= 4 is 0 Å². The first-order valence-electron chi connectivity index (χ1n) is 4.73. The standard InChI is InChI=1S/C10H19NO/c1-4-9(11-5-2)10(3)7-6-8-12-10/h4,9,11H,1,5-8H2,2-3H3. The average molecular weight is 169 g/mol. The van der Waals surface area contributed by atoms with Gasteiger partial charge < -0.3 is 10.1 Å². The normalized spacial score (nSPS) is 31.8. The first-order valence-corrected chi connectivity index (χ1v) is 4.73. The Morgan fingerprint density at radius 1 is 1.75 bits per heavy atom. The Bertz CT molecular complexity index is 150. The van der Waals surface area contributed by atoms with Gasteiger partial charge in [0, 0.05) is 6.61 Å². The molecule has 1 heterocycles. The van der Waals surface area contributed by atoms with Crippen LogP contribution in [0.2, 0.25) is 0 Å². The van der Waals surface area contributed by atoms with Crippen molar-refractivity contribution in [3.05, 3.63) is 12.7 Å². The fraction of sp³-hybridized carbons (Fsp3) is 0.800. The number of ether oxygens (including phenoxy) is 1. The third kappa shape index (κ3) is 1.87. The van der Waals surface area contributed by atoms with Crippen molar-refractivity contribution in [1.29, 1.82) is 0 Å². The third-order valence-electron chi connectivity index (χ3n) is 2.57. The summed E-state index contributed by atoms with van der Waals surface area (Å²) in [7, 11) is 0. The molecule has 0 aliphatic carbocycles. The Balaban J connectivity index is 2.56. The molecule has 12 heavy (non-hydrogen) atoms. The summed E-state index contributed by atoms with van der Waals surface area (Å²) in [6.07, 6.45) is 4.26. The van der Waals surface area contributed by atoms with Gasteiger partial charge in [0.15, 0.2) is 0 Å². The van der Waals surface area contributed by atoms with Gasteiger partial charge in [0.1, 0.15) is 0 Å². The van der Waals surface area contributed by atoms with E-state index in [1.807, 2.05) is 6.08 Å². The molecule has 2 nitrogen and oxygen atoms in total. The lowest BCUT2D eigenvalue weighted by molar-refractivity contribution is 0.00172. The highest BCUT2D eigenvalue weighted by molar-refractivity contribution is 5.01. The van der Waals surface area contributed by atoms with Crippen molar-refractivity contribution in [2.45, 2.75) is 38.3 Å². The molecule has 1 aliphatic rings. The van der Waals surface area contributed by atoms with E-state index < -0.39 is 0 Å². The lowest BCUT2D eigenvalue weighted by Gasteiger charge is -2.31. The predicted octanol–water partition coefficient (Wildman–Crippen LogP) is 1.72. The molecular formula is C10H19NO. The van der Waals surface area contributed by atoms with Crippen LogP contribution in [0, 0.1) is 0 Å². The third-order valence-corrected chi connectivity index (χ3v) is 2.57. The van der Waals surface area contributed by atoms with Gasteiger partial charge in [0.25, 0.3) is 0 Å². The van der Waals surface area contributed by atoms with Crippen molar-refractivity contribution in [2.75, 3.05) is 13.2 Å². The van der Waals surface area contributed by atoms with Crippen molar-refractivity contribution in [1.82, 2.24) is 5.32 Å². The topological polar surface area (TPSA) is 21.3 Å². The number of likely N-dealkylation sites (N-methyl/N-ethyl adjacent to an activating group) is 1. The monoisotopic (exact) mass is 169 g/mol. The van der Waals surface area contributed by atoms with Gasteiger partial charge in [-0.05, 0) is 26.3 Å². The summed E-state index contributed by atoms with van der Waals surface area (Å²) < 4.78 is 5.71. The van der Waals surface area contributed by atoms with E-state index in [9.17, 15) is 0 Å². The molecule has 70 valence electrons. The van der Waals surface area contributed by atoms with Crippen LogP contribution in [0.1, 0.15) is 26.7 Å². The minimum Gasteiger partial charge on any atom is -0.373 e. The van der Waals surface area contributed by atoms with Crippen LogP contribution in [0.25, 0.3) is 0 Å². The second kappa shape index (κ2) is 4.06. The quantitative estimate of drug-likeness (QED) is 0.647. The van der Waals surface area contributed by atoms with E-state index in [1.54, 1.807) is 0 Å². The first kappa shape index (κ1) is 9.75. The van der Waals surface area contributed by atoms with Gasteiger partial charge in [0.2, 0.25) is 0 Å². The van der Waals surface area contributed by atoms with Crippen LogP contribution in [-0.2, 0) is 4.74 Å². The highest BCUT2D eigenvalue weighted by atomic mass is 16.5. The molecule has 2 heteroatoms. The Kier molecular flexibility index (Phi) is 3.29. The maximum atomic E-state index is 5.71. The van der Waals surface area contributed by atoms with E-state index in [4.69, 9.17) is 4.74 Å². The number of hydrogen-bond acceptors (Lipinski definition) is 2. The van der Waals surface area contributed by atoms with Crippen LogP contribution in [0.3, 0.4) is 0 Å². The van der Waals surface area contributed by atoms with E-state index >= 15 is 0 Å². The summed E-state index contributed by atoms with van der Waals surface area (Å²) in [5.74, 6) is 0. The summed E-state index contributed by atoms with van der Waals surface area (Å²) in [6.45, 7) is 9.96. The zero-order valence-corrected chi connectivity index (χ0v) is 8.10. The van der Waals surface area contributed by atoms with Gasteiger partial charge in [-0.2, -0.15) is 0 Å². The SMILES string of the molecule is C=CC(NCC)C1(C)CCCO1. The van der Waals surface area contributed by atoms with Gasteiger partial charge in [-0.25, -0.2) is 0 Å². The van der Waals surface area contributed by atoms with Crippen molar-refractivity contribution in [3.8, 4) is 0 Å². The zero-order valence-electron chi connectivity index (χ0n) is 8.10. The second-order valence-corrected chi connectivity index (χ2v) is 3.54. The summed E-state index contributed by atoms with van der Waals surface area (Å²) in [4.78, 5) is 0. The summed E-state index contributed by atoms with van der Waals surface area (Å²) >= 11 is 0. The maximum absolute atomic E-state index is 5.71. The van der Waals surface area contributed by atoms with Gasteiger partial charge in [-0.15, -0.1) is 6.58 Å². The van der Waals surface area contributed by atoms with Gasteiger partial charge >= 0.3 is 0 Å². The number of hydrogen-bond donors (Lipinski definition) is 1. The Hall–Kier alpha value is -0.340. The van der Waals surface area contributed by atoms with Crippen LogP contribution >= 0.6 is 0 Å². The molecule has 1 saturated heterocycles. The Morgan fingerprint density at radius 2 is 2.50 bits per heavy atom. The molecule has 0 aromatic rings. The summed E-state index contributed by atoms with van der Waals surface area (Å²) in [6, 6.07) is 0.296. The molecule has 2 unspecified atom stereocenters. The van der Waals surface area contributed by atoms with Gasteiger partial charge in [-0.3, -0.25) is 0 Å². The van der Waals surface area contributed by atoms with E-state index in [0.717, 1.165) is 19.6 Å². The molecule has 1 rings (SSSR count). The van der Waals surface area contributed by atoms with Crippen molar-refractivity contribution in [3.63, 3.8) is 0 Å². The molecule has 0 bridgehead atoms. The minimum absolute atomic E-state index is 0.0161. The molecule has 0 saturated carbocycles. The van der Waals surface area contributed by atoms with Crippen LogP contribution in [-0.4, -0.2) is 24.8 Å². The fourth-order valence-corrected chi connectivity index (χ4v) is 1.81. The lowest BCUT2D eigenvalue weighted by Crippen LogP contribution is -2.46. The van der Waals surface area contributed by atoms with Gasteiger partial charge in [-0.1, -0.05) is 13.0 Å². The molecule has 0 aromatic heterocycles. The second-order valence-electron chi connectivity index (χ2n) is 3.54. The minimum atomic E-state index is -0.0161. The Labute approximate surface area is 75.0 Å². The summed E-state index contributed by atoms with van der Waals surface area (Å²) in [5, 5.41) is 3.37. The molecule has 0 amide bonds. The summed E-state index contributed by atoms with van der Waals surface area (Å²) in [5.41, 5.74) is -0.0161. The zero-order chi connectivity index (χ0) is 9.03. The molecule has 2 atom stereocenters.